The van der Waals surface area contributed by atoms with Crippen molar-refractivity contribution in [3.05, 3.63) is 41.7 Å². The molecule has 1 saturated heterocycles. The number of rotatable bonds is 5. The highest BCUT2D eigenvalue weighted by atomic mass is 32.2. The summed E-state index contributed by atoms with van der Waals surface area (Å²) in [5.74, 6) is 0.529. The van der Waals surface area contributed by atoms with Crippen molar-refractivity contribution in [1.82, 2.24) is 14.5 Å². The summed E-state index contributed by atoms with van der Waals surface area (Å²) in [6.07, 6.45) is 4.41. The molecular formula is C17H19N3O2S. The Hall–Kier alpha value is -2.08. The number of hydrogen-bond acceptors (Lipinski definition) is 4. The van der Waals surface area contributed by atoms with Crippen LogP contribution in [0.2, 0.25) is 0 Å². The lowest BCUT2D eigenvalue weighted by molar-refractivity contribution is -0.137. The number of hydrogen-bond donors (Lipinski definition) is 0. The van der Waals surface area contributed by atoms with Crippen molar-refractivity contribution in [2.45, 2.75) is 31.8 Å². The van der Waals surface area contributed by atoms with E-state index in [1.165, 1.54) is 16.0 Å². The molecular weight excluding hydrogens is 310 g/mol. The Kier molecular flexibility index (Phi) is 4.52. The zero-order chi connectivity index (χ0) is 16.4. The average molecular weight is 329 g/mol. The van der Waals surface area contributed by atoms with Crippen molar-refractivity contribution in [3.63, 3.8) is 0 Å². The zero-order valence-corrected chi connectivity index (χ0v) is 14.1. The second-order valence-corrected chi connectivity index (χ2v) is 6.65. The summed E-state index contributed by atoms with van der Waals surface area (Å²) in [7, 11) is 0. The van der Waals surface area contributed by atoms with Gasteiger partial charge in [-0.25, -0.2) is 4.98 Å². The van der Waals surface area contributed by atoms with Gasteiger partial charge >= 0.3 is 0 Å². The van der Waals surface area contributed by atoms with E-state index in [1.807, 2.05) is 12.3 Å². The SMILES string of the molecule is Cc1cccc(-n2ccnc2SCCN2C(=O)CCC2=O)c1C. The van der Waals surface area contributed by atoms with Crippen LogP contribution in [0.15, 0.2) is 35.7 Å². The number of thioether (sulfide) groups is 1. The number of amides is 2. The third kappa shape index (κ3) is 3.17. The lowest BCUT2D eigenvalue weighted by Gasteiger charge is -2.14. The number of imide groups is 1. The number of benzene rings is 1. The fourth-order valence-corrected chi connectivity index (χ4v) is 3.57. The molecule has 0 spiro atoms. The summed E-state index contributed by atoms with van der Waals surface area (Å²) in [6, 6.07) is 6.20. The number of imidazole rings is 1. The van der Waals surface area contributed by atoms with Crippen LogP contribution in [0.1, 0.15) is 24.0 Å². The van der Waals surface area contributed by atoms with Gasteiger partial charge in [-0.1, -0.05) is 23.9 Å². The van der Waals surface area contributed by atoms with Crippen molar-refractivity contribution in [2.24, 2.45) is 0 Å². The molecule has 2 heterocycles. The first-order chi connectivity index (χ1) is 11.1. The van der Waals surface area contributed by atoms with Crippen LogP contribution in [0.5, 0.6) is 0 Å². The Morgan fingerprint density at radius 3 is 2.65 bits per heavy atom. The van der Waals surface area contributed by atoms with Crippen LogP contribution in [-0.4, -0.2) is 38.6 Å². The van der Waals surface area contributed by atoms with Crippen LogP contribution in [-0.2, 0) is 9.59 Å². The van der Waals surface area contributed by atoms with Gasteiger partial charge < -0.3 is 0 Å². The number of aromatic nitrogens is 2. The smallest absolute Gasteiger partial charge is 0.229 e. The monoisotopic (exact) mass is 329 g/mol. The van der Waals surface area contributed by atoms with Gasteiger partial charge in [-0.05, 0) is 31.0 Å². The molecule has 0 aliphatic carbocycles. The molecule has 6 heteroatoms. The van der Waals surface area contributed by atoms with E-state index in [9.17, 15) is 9.59 Å². The van der Waals surface area contributed by atoms with E-state index in [0.717, 1.165) is 10.8 Å². The predicted molar refractivity (Wildman–Crippen MR) is 89.7 cm³/mol. The molecule has 1 aliphatic rings. The minimum atomic E-state index is -0.0616. The van der Waals surface area contributed by atoms with E-state index in [4.69, 9.17) is 0 Å². The minimum absolute atomic E-state index is 0.0616. The number of likely N-dealkylation sites (tertiary alicyclic amines) is 1. The summed E-state index contributed by atoms with van der Waals surface area (Å²) >= 11 is 1.56. The quantitative estimate of drug-likeness (QED) is 0.625. The lowest BCUT2D eigenvalue weighted by Crippen LogP contribution is -2.31. The van der Waals surface area contributed by atoms with Crippen molar-refractivity contribution in [3.8, 4) is 5.69 Å². The first-order valence-electron chi connectivity index (χ1n) is 7.64. The van der Waals surface area contributed by atoms with E-state index in [-0.39, 0.29) is 11.8 Å². The van der Waals surface area contributed by atoms with Gasteiger partial charge in [0.2, 0.25) is 11.8 Å². The maximum Gasteiger partial charge on any atom is 0.229 e. The normalized spacial score (nSPS) is 14.8. The largest absolute Gasteiger partial charge is 0.295 e. The van der Waals surface area contributed by atoms with E-state index >= 15 is 0 Å². The van der Waals surface area contributed by atoms with Crippen molar-refractivity contribution < 1.29 is 9.59 Å². The molecule has 23 heavy (non-hydrogen) atoms. The number of nitrogens with zero attached hydrogens (tertiary/aromatic N) is 3. The zero-order valence-electron chi connectivity index (χ0n) is 13.3. The van der Waals surface area contributed by atoms with Crippen molar-refractivity contribution >= 4 is 23.6 Å². The van der Waals surface area contributed by atoms with E-state index in [1.54, 1.807) is 18.0 Å². The molecule has 3 rings (SSSR count). The summed E-state index contributed by atoms with van der Waals surface area (Å²) < 4.78 is 2.06. The van der Waals surface area contributed by atoms with E-state index < -0.39 is 0 Å². The fourth-order valence-electron chi connectivity index (χ4n) is 2.68. The molecule has 1 aromatic heterocycles. The van der Waals surface area contributed by atoms with E-state index in [0.29, 0.717) is 25.1 Å². The fraction of sp³-hybridized carbons (Fsp3) is 0.353. The lowest BCUT2D eigenvalue weighted by atomic mass is 10.1. The van der Waals surface area contributed by atoms with Crippen LogP contribution >= 0.6 is 11.8 Å². The average Bonchev–Trinajstić information content (AvgIpc) is 3.11. The van der Waals surface area contributed by atoms with Crippen LogP contribution in [0.25, 0.3) is 5.69 Å². The topological polar surface area (TPSA) is 55.2 Å². The Labute approximate surface area is 139 Å². The van der Waals surface area contributed by atoms with Gasteiger partial charge in [0.1, 0.15) is 0 Å². The summed E-state index contributed by atoms with van der Waals surface area (Å²) in [5.41, 5.74) is 3.57. The summed E-state index contributed by atoms with van der Waals surface area (Å²) in [6.45, 7) is 4.63. The minimum Gasteiger partial charge on any atom is -0.295 e. The maximum absolute atomic E-state index is 11.6. The van der Waals surface area contributed by atoms with Gasteiger partial charge in [0.05, 0.1) is 5.69 Å². The van der Waals surface area contributed by atoms with Gasteiger partial charge in [0.15, 0.2) is 5.16 Å². The molecule has 120 valence electrons. The first kappa shape index (κ1) is 15.8. The molecule has 0 bridgehead atoms. The Balaban J connectivity index is 1.71. The van der Waals surface area contributed by atoms with Gasteiger partial charge in [-0.2, -0.15) is 0 Å². The van der Waals surface area contributed by atoms with Gasteiger partial charge in [-0.15, -0.1) is 0 Å². The second-order valence-electron chi connectivity index (χ2n) is 5.59. The summed E-state index contributed by atoms with van der Waals surface area (Å²) in [4.78, 5) is 29.0. The van der Waals surface area contributed by atoms with Crippen LogP contribution in [0.4, 0.5) is 0 Å². The second kappa shape index (κ2) is 6.58. The maximum atomic E-state index is 11.6. The Morgan fingerprint density at radius 2 is 1.91 bits per heavy atom. The predicted octanol–water partition coefficient (Wildman–Crippen LogP) is 2.73. The third-order valence-electron chi connectivity index (χ3n) is 4.14. The highest BCUT2D eigenvalue weighted by Crippen LogP contribution is 2.24. The Bertz CT molecular complexity index is 738. The van der Waals surface area contributed by atoms with Gasteiger partial charge in [0.25, 0.3) is 0 Å². The van der Waals surface area contributed by atoms with Crippen LogP contribution in [0, 0.1) is 13.8 Å². The highest BCUT2D eigenvalue weighted by Gasteiger charge is 2.28. The molecule has 0 saturated carbocycles. The molecule has 2 amide bonds. The van der Waals surface area contributed by atoms with Crippen molar-refractivity contribution in [1.29, 1.82) is 0 Å². The molecule has 0 unspecified atom stereocenters. The number of carbonyl (C=O) groups excluding carboxylic acids is 2. The highest BCUT2D eigenvalue weighted by molar-refractivity contribution is 7.99. The van der Waals surface area contributed by atoms with Crippen molar-refractivity contribution in [2.75, 3.05) is 12.3 Å². The molecule has 0 N–H and O–H groups in total. The van der Waals surface area contributed by atoms with Gasteiger partial charge in [0, 0.05) is 37.5 Å². The first-order valence-corrected chi connectivity index (χ1v) is 8.62. The molecule has 5 nitrogen and oxygen atoms in total. The number of aryl methyl sites for hydroxylation is 1. The van der Waals surface area contributed by atoms with Crippen LogP contribution < -0.4 is 0 Å². The molecule has 1 aliphatic heterocycles. The molecule has 0 atom stereocenters. The molecule has 1 fully saturated rings. The molecule has 0 radical (unpaired) electrons. The number of carbonyl (C=O) groups is 2. The molecule has 2 aromatic rings. The summed E-state index contributed by atoms with van der Waals surface area (Å²) in [5, 5.41) is 0.873. The standard InChI is InChI=1S/C17H19N3O2S/c1-12-4-3-5-14(13(12)2)19-9-8-18-17(19)23-11-10-20-15(21)6-7-16(20)22/h3-5,8-9H,6-7,10-11H2,1-2H3. The van der Waals surface area contributed by atoms with Crippen LogP contribution in [0.3, 0.4) is 0 Å². The molecule has 1 aromatic carbocycles. The van der Waals surface area contributed by atoms with Gasteiger partial charge in [-0.3, -0.25) is 19.1 Å². The Morgan fingerprint density at radius 1 is 1.17 bits per heavy atom. The third-order valence-corrected chi connectivity index (χ3v) is 5.09. The van der Waals surface area contributed by atoms with E-state index in [2.05, 4.69) is 35.5 Å².